The van der Waals surface area contributed by atoms with Gasteiger partial charge in [0.25, 0.3) is 5.91 Å². The number of amides is 1. The Morgan fingerprint density at radius 2 is 2.11 bits per heavy atom. The van der Waals surface area contributed by atoms with Crippen molar-refractivity contribution in [2.75, 3.05) is 6.61 Å². The summed E-state index contributed by atoms with van der Waals surface area (Å²) in [5.41, 5.74) is 1.78. The van der Waals surface area contributed by atoms with Crippen LogP contribution in [0.5, 0.6) is 11.6 Å². The fourth-order valence-electron chi connectivity index (χ4n) is 3.16. The summed E-state index contributed by atoms with van der Waals surface area (Å²) in [6.45, 7) is 0.587. The monoisotopic (exact) mass is 368 g/mol. The molecular weight excluding hydrogens is 348 g/mol. The van der Waals surface area contributed by atoms with Crippen LogP contribution in [0.2, 0.25) is 0 Å². The Balaban J connectivity index is 1.51. The Morgan fingerprint density at radius 1 is 1.26 bits per heavy atom. The predicted molar refractivity (Wildman–Crippen MR) is 96.0 cm³/mol. The second-order valence-electron chi connectivity index (χ2n) is 6.76. The van der Waals surface area contributed by atoms with E-state index < -0.39 is 17.9 Å². The molecule has 7 heteroatoms. The topological polar surface area (TPSA) is 97.8 Å². The van der Waals surface area contributed by atoms with E-state index in [1.165, 1.54) is 6.20 Å². The Bertz CT molecular complexity index is 878. The van der Waals surface area contributed by atoms with Gasteiger partial charge >= 0.3 is 5.97 Å². The van der Waals surface area contributed by atoms with Crippen LogP contribution in [0.3, 0.4) is 0 Å². The van der Waals surface area contributed by atoms with Gasteiger partial charge in [0.15, 0.2) is 6.04 Å². The van der Waals surface area contributed by atoms with Crippen LogP contribution in [-0.4, -0.2) is 34.7 Å². The zero-order valence-corrected chi connectivity index (χ0v) is 14.7. The Labute approximate surface area is 156 Å². The average molecular weight is 368 g/mol. The summed E-state index contributed by atoms with van der Waals surface area (Å²) >= 11 is 0. The van der Waals surface area contributed by atoms with Gasteiger partial charge in [0.05, 0.1) is 6.61 Å². The molecule has 2 N–H and O–H groups in total. The average Bonchev–Trinajstić information content (AvgIpc) is 3.10. The van der Waals surface area contributed by atoms with Gasteiger partial charge in [-0.3, -0.25) is 4.79 Å². The maximum absolute atomic E-state index is 12.6. The summed E-state index contributed by atoms with van der Waals surface area (Å²) in [7, 11) is 0. The molecule has 140 valence electrons. The number of hydrogen-bond donors (Lipinski definition) is 2. The number of nitrogens with one attached hydrogen (secondary N) is 1. The van der Waals surface area contributed by atoms with Gasteiger partial charge in [-0.25, -0.2) is 9.78 Å². The van der Waals surface area contributed by atoms with Crippen LogP contribution in [-0.2, 0) is 11.2 Å². The number of aromatic nitrogens is 1. The second kappa shape index (κ2) is 7.26. The molecule has 0 radical (unpaired) electrons. The van der Waals surface area contributed by atoms with E-state index in [-0.39, 0.29) is 6.10 Å². The maximum atomic E-state index is 12.6. The minimum atomic E-state index is -1.15. The van der Waals surface area contributed by atoms with Crippen LogP contribution >= 0.6 is 0 Å². The molecular formula is C20H20N2O5. The Hall–Kier alpha value is -3.09. The van der Waals surface area contributed by atoms with Crippen LogP contribution in [0.4, 0.5) is 0 Å². The summed E-state index contributed by atoms with van der Waals surface area (Å²) in [6, 6.07) is 7.13. The van der Waals surface area contributed by atoms with Crippen LogP contribution in [0, 0.1) is 0 Å². The van der Waals surface area contributed by atoms with E-state index in [4.69, 9.17) is 9.47 Å². The van der Waals surface area contributed by atoms with E-state index in [0.29, 0.717) is 23.6 Å². The first-order valence-corrected chi connectivity index (χ1v) is 9.02. The molecule has 27 heavy (non-hydrogen) atoms. The maximum Gasteiger partial charge on any atom is 0.330 e. The quantitative estimate of drug-likeness (QED) is 0.813. The number of benzene rings is 1. The lowest BCUT2D eigenvalue weighted by Crippen LogP contribution is -2.34. The van der Waals surface area contributed by atoms with E-state index in [1.807, 2.05) is 0 Å². The molecule has 1 aromatic carbocycles. The van der Waals surface area contributed by atoms with E-state index in [1.54, 1.807) is 30.3 Å². The summed E-state index contributed by atoms with van der Waals surface area (Å²) < 4.78 is 11.2. The number of carbonyl (C=O) groups is 2. The van der Waals surface area contributed by atoms with Crippen LogP contribution in [0.15, 0.2) is 36.5 Å². The van der Waals surface area contributed by atoms with Crippen LogP contribution in [0.1, 0.15) is 46.8 Å². The van der Waals surface area contributed by atoms with Gasteiger partial charge in [-0.2, -0.15) is 0 Å². The lowest BCUT2D eigenvalue weighted by molar-refractivity contribution is -0.139. The molecule has 0 saturated heterocycles. The molecule has 7 nitrogen and oxygen atoms in total. The smallest absolute Gasteiger partial charge is 0.330 e. The van der Waals surface area contributed by atoms with Crippen molar-refractivity contribution < 1.29 is 24.2 Å². The fraction of sp³-hybridized carbons (Fsp3) is 0.350. The minimum absolute atomic E-state index is 0.149. The van der Waals surface area contributed by atoms with Gasteiger partial charge in [0.1, 0.15) is 11.9 Å². The molecule has 1 fully saturated rings. The molecule has 1 amide bonds. The molecule has 2 aromatic rings. The van der Waals surface area contributed by atoms with Gasteiger partial charge in [0.2, 0.25) is 5.88 Å². The number of pyridine rings is 1. The molecule has 4 rings (SSSR count). The van der Waals surface area contributed by atoms with E-state index in [2.05, 4.69) is 10.3 Å². The number of carboxylic acid groups (broad SMARTS) is 1. The molecule has 0 spiro atoms. The number of aliphatic carboxylic acids is 1. The van der Waals surface area contributed by atoms with Gasteiger partial charge in [-0.1, -0.05) is 6.07 Å². The van der Waals surface area contributed by atoms with Crippen molar-refractivity contribution in [3.63, 3.8) is 0 Å². The first-order valence-electron chi connectivity index (χ1n) is 9.02. The van der Waals surface area contributed by atoms with Gasteiger partial charge < -0.3 is 19.9 Å². The summed E-state index contributed by atoms with van der Waals surface area (Å²) in [6.07, 6.45) is 5.48. The molecule has 1 aliphatic carbocycles. The Kier molecular flexibility index (Phi) is 4.66. The lowest BCUT2D eigenvalue weighted by Gasteiger charge is -2.25. The predicted octanol–water partition coefficient (Wildman–Crippen LogP) is 2.50. The number of rotatable bonds is 6. The van der Waals surface area contributed by atoms with E-state index in [9.17, 15) is 14.7 Å². The molecule has 2 aliphatic rings. The number of ether oxygens (including phenoxy) is 2. The summed E-state index contributed by atoms with van der Waals surface area (Å²) in [4.78, 5) is 28.5. The highest BCUT2D eigenvalue weighted by Gasteiger charge is 2.25. The normalized spacial score (nSPS) is 16.6. The number of nitrogens with zero attached hydrogens (tertiary/aromatic N) is 1. The molecule has 1 unspecified atom stereocenters. The van der Waals surface area contributed by atoms with E-state index in [0.717, 1.165) is 37.0 Å². The van der Waals surface area contributed by atoms with Crippen molar-refractivity contribution in [1.29, 1.82) is 0 Å². The third-order valence-electron chi connectivity index (χ3n) is 4.91. The molecule has 1 aromatic heterocycles. The first kappa shape index (κ1) is 17.3. The third-order valence-corrected chi connectivity index (χ3v) is 4.91. The van der Waals surface area contributed by atoms with Crippen molar-refractivity contribution >= 4 is 11.9 Å². The lowest BCUT2D eigenvalue weighted by atomic mass is 9.96. The van der Waals surface area contributed by atoms with Crippen molar-refractivity contribution in [2.24, 2.45) is 0 Å². The van der Waals surface area contributed by atoms with Crippen molar-refractivity contribution in [1.82, 2.24) is 10.3 Å². The molecule has 1 saturated carbocycles. The Morgan fingerprint density at radius 3 is 2.85 bits per heavy atom. The largest absolute Gasteiger partial charge is 0.493 e. The van der Waals surface area contributed by atoms with Crippen molar-refractivity contribution in [3.8, 4) is 11.6 Å². The molecule has 1 aliphatic heterocycles. The molecule has 0 bridgehead atoms. The highest BCUT2D eigenvalue weighted by atomic mass is 16.5. The van der Waals surface area contributed by atoms with Gasteiger partial charge in [-0.05, 0) is 48.6 Å². The highest BCUT2D eigenvalue weighted by Crippen LogP contribution is 2.29. The number of fused-ring (bicyclic) bond motifs is 1. The zero-order valence-electron chi connectivity index (χ0n) is 14.7. The molecule has 1 atom stereocenters. The number of hydrogen-bond acceptors (Lipinski definition) is 5. The van der Waals surface area contributed by atoms with Crippen molar-refractivity contribution in [2.45, 2.75) is 37.8 Å². The summed E-state index contributed by atoms with van der Waals surface area (Å²) in [5.74, 6) is -0.461. The van der Waals surface area contributed by atoms with E-state index >= 15 is 0 Å². The third kappa shape index (κ3) is 3.72. The molecule has 2 heterocycles. The van der Waals surface area contributed by atoms with Gasteiger partial charge in [-0.15, -0.1) is 0 Å². The van der Waals surface area contributed by atoms with Crippen LogP contribution < -0.4 is 14.8 Å². The number of carboxylic acids is 1. The SMILES string of the molecule is O=C(NC(C(=O)O)c1ccc2c(c1)CCO2)c1ccnc(OC2CCC2)c1. The highest BCUT2D eigenvalue weighted by molar-refractivity contribution is 5.97. The first-order chi connectivity index (χ1) is 13.1. The minimum Gasteiger partial charge on any atom is -0.493 e. The van der Waals surface area contributed by atoms with Crippen molar-refractivity contribution in [3.05, 3.63) is 53.2 Å². The fourth-order valence-corrected chi connectivity index (χ4v) is 3.16. The summed E-state index contributed by atoms with van der Waals surface area (Å²) in [5, 5.41) is 12.2. The standard InChI is InChI=1S/C20H20N2O5/c23-19(14-6-8-21-17(11-14)27-15-2-1-3-15)22-18(20(24)25)13-4-5-16-12(10-13)7-9-26-16/h4-6,8,10-11,15,18H,1-3,7,9H2,(H,22,23)(H,24,25). The zero-order chi connectivity index (χ0) is 18.8. The van der Waals surface area contributed by atoms with Crippen LogP contribution in [0.25, 0.3) is 0 Å². The van der Waals surface area contributed by atoms with Gasteiger partial charge in [0, 0.05) is 24.2 Å². The number of carbonyl (C=O) groups excluding carboxylic acids is 1. The second-order valence-corrected chi connectivity index (χ2v) is 6.76.